The first-order valence-corrected chi connectivity index (χ1v) is 11.0. The van der Waals surface area contributed by atoms with Gasteiger partial charge < -0.3 is 5.32 Å². The van der Waals surface area contributed by atoms with Crippen molar-refractivity contribution >= 4 is 33.2 Å². The van der Waals surface area contributed by atoms with Crippen LogP contribution in [0.4, 0.5) is 18.9 Å². The summed E-state index contributed by atoms with van der Waals surface area (Å²) in [6, 6.07) is 9.24. The molecule has 5 nitrogen and oxygen atoms in total. The van der Waals surface area contributed by atoms with Crippen molar-refractivity contribution in [2.45, 2.75) is 37.8 Å². The van der Waals surface area contributed by atoms with Gasteiger partial charge in [-0.1, -0.05) is 37.6 Å². The fourth-order valence-corrected chi connectivity index (χ4v) is 3.94. The topological polar surface area (TPSA) is 75.3 Å². The van der Waals surface area contributed by atoms with Crippen LogP contribution in [0.15, 0.2) is 47.4 Å². The van der Waals surface area contributed by atoms with E-state index in [2.05, 4.69) is 10.0 Å². The molecule has 0 fully saturated rings. The van der Waals surface area contributed by atoms with Crippen molar-refractivity contribution in [3.8, 4) is 0 Å². The standard InChI is InChI=1S/C20H22ClF3N2O3S/c1-13(2)12-25-30(28,29)16-7-3-14(4-8-16)5-10-19(27)26-15-6-9-18(21)17(11-15)20(22,23)24/h3-4,6-9,11,13,25H,5,10,12H2,1-2H3,(H,26,27). The Morgan fingerprint density at radius 1 is 1.10 bits per heavy atom. The van der Waals surface area contributed by atoms with E-state index in [-0.39, 0.29) is 22.9 Å². The Kier molecular flexibility index (Phi) is 7.90. The molecule has 0 saturated carbocycles. The number of carbonyl (C=O) groups excluding carboxylic acids is 1. The first-order valence-electron chi connectivity index (χ1n) is 9.13. The summed E-state index contributed by atoms with van der Waals surface area (Å²) in [4.78, 5) is 12.2. The Labute approximate surface area is 178 Å². The second-order valence-corrected chi connectivity index (χ2v) is 9.30. The second-order valence-electron chi connectivity index (χ2n) is 7.13. The molecule has 10 heteroatoms. The van der Waals surface area contributed by atoms with Crippen LogP contribution in [0.5, 0.6) is 0 Å². The van der Waals surface area contributed by atoms with Gasteiger partial charge in [-0.3, -0.25) is 4.79 Å². The van der Waals surface area contributed by atoms with Gasteiger partial charge in [0, 0.05) is 18.7 Å². The molecule has 30 heavy (non-hydrogen) atoms. The highest BCUT2D eigenvalue weighted by Crippen LogP contribution is 2.36. The summed E-state index contributed by atoms with van der Waals surface area (Å²) in [6.45, 7) is 4.11. The molecule has 0 heterocycles. The lowest BCUT2D eigenvalue weighted by Gasteiger charge is -2.12. The first-order chi connectivity index (χ1) is 13.9. The molecule has 0 aliphatic rings. The zero-order chi connectivity index (χ0) is 22.5. The molecular formula is C20H22ClF3N2O3S. The number of alkyl halides is 3. The van der Waals surface area contributed by atoms with Gasteiger partial charge in [0.05, 0.1) is 15.5 Å². The maximum atomic E-state index is 12.9. The number of carbonyl (C=O) groups is 1. The zero-order valence-corrected chi connectivity index (χ0v) is 18.0. The molecule has 1 amide bonds. The summed E-state index contributed by atoms with van der Waals surface area (Å²) in [7, 11) is -3.60. The Bertz CT molecular complexity index is 991. The van der Waals surface area contributed by atoms with E-state index in [4.69, 9.17) is 11.6 Å². The molecule has 0 unspecified atom stereocenters. The number of aryl methyl sites for hydroxylation is 1. The third kappa shape index (κ3) is 7.00. The highest BCUT2D eigenvalue weighted by molar-refractivity contribution is 7.89. The number of hydrogen-bond donors (Lipinski definition) is 2. The Morgan fingerprint density at radius 2 is 1.73 bits per heavy atom. The highest BCUT2D eigenvalue weighted by Gasteiger charge is 2.33. The molecular weight excluding hydrogens is 441 g/mol. The van der Waals surface area contributed by atoms with E-state index < -0.39 is 32.7 Å². The van der Waals surface area contributed by atoms with Crippen LogP contribution in [0.3, 0.4) is 0 Å². The van der Waals surface area contributed by atoms with E-state index in [0.29, 0.717) is 13.0 Å². The van der Waals surface area contributed by atoms with E-state index in [1.807, 2.05) is 13.8 Å². The molecule has 0 saturated heterocycles. The van der Waals surface area contributed by atoms with Crippen LogP contribution < -0.4 is 10.0 Å². The van der Waals surface area contributed by atoms with Gasteiger partial charge in [0.15, 0.2) is 0 Å². The molecule has 0 aromatic heterocycles. The van der Waals surface area contributed by atoms with Crippen LogP contribution in [-0.2, 0) is 27.4 Å². The molecule has 2 rings (SSSR count). The van der Waals surface area contributed by atoms with Crippen molar-refractivity contribution in [3.63, 3.8) is 0 Å². The van der Waals surface area contributed by atoms with E-state index in [1.54, 1.807) is 12.1 Å². The molecule has 2 aromatic carbocycles. The number of hydrogen-bond acceptors (Lipinski definition) is 3. The number of sulfonamides is 1. The Hall–Kier alpha value is -2.10. The minimum Gasteiger partial charge on any atom is -0.326 e. The molecule has 0 spiro atoms. The van der Waals surface area contributed by atoms with Crippen LogP contribution in [0.25, 0.3) is 0 Å². The molecule has 164 valence electrons. The van der Waals surface area contributed by atoms with Crippen molar-refractivity contribution in [2.24, 2.45) is 5.92 Å². The molecule has 0 radical (unpaired) electrons. The van der Waals surface area contributed by atoms with Crippen molar-refractivity contribution in [1.82, 2.24) is 4.72 Å². The number of rotatable bonds is 8. The summed E-state index contributed by atoms with van der Waals surface area (Å²) in [6.07, 6.45) is -4.31. The predicted octanol–water partition coefficient (Wildman–Crippen LogP) is 4.86. The van der Waals surface area contributed by atoms with Crippen LogP contribution in [0.2, 0.25) is 5.02 Å². The highest BCUT2D eigenvalue weighted by atomic mass is 35.5. The van der Waals surface area contributed by atoms with Crippen molar-refractivity contribution < 1.29 is 26.4 Å². The normalized spacial score (nSPS) is 12.2. The second kappa shape index (κ2) is 9.80. The average molecular weight is 463 g/mol. The Balaban J connectivity index is 1.96. The van der Waals surface area contributed by atoms with Gasteiger partial charge in [-0.25, -0.2) is 13.1 Å². The van der Waals surface area contributed by atoms with Crippen molar-refractivity contribution in [3.05, 3.63) is 58.6 Å². The van der Waals surface area contributed by atoms with E-state index in [9.17, 15) is 26.4 Å². The van der Waals surface area contributed by atoms with Gasteiger partial charge in [-0.2, -0.15) is 13.2 Å². The number of benzene rings is 2. The van der Waals surface area contributed by atoms with Gasteiger partial charge in [-0.15, -0.1) is 0 Å². The fourth-order valence-electron chi connectivity index (χ4n) is 2.50. The van der Waals surface area contributed by atoms with E-state index in [0.717, 1.165) is 17.7 Å². The number of anilines is 1. The molecule has 0 aliphatic heterocycles. The van der Waals surface area contributed by atoms with Gasteiger partial charge in [0.25, 0.3) is 0 Å². The third-order valence-corrected chi connectivity index (χ3v) is 5.88. The molecule has 0 aliphatic carbocycles. The van der Waals surface area contributed by atoms with Gasteiger partial charge in [0.2, 0.25) is 15.9 Å². The maximum absolute atomic E-state index is 12.9. The summed E-state index contributed by atoms with van der Waals surface area (Å²) >= 11 is 5.56. The molecule has 0 bridgehead atoms. The predicted molar refractivity (Wildman–Crippen MR) is 110 cm³/mol. The minimum absolute atomic E-state index is 0.00519. The quantitative estimate of drug-likeness (QED) is 0.588. The number of amides is 1. The number of halogens is 4. The van der Waals surface area contributed by atoms with Crippen molar-refractivity contribution in [2.75, 3.05) is 11.9 Å². The smallest absolute Gasteiger partial charge is 0.326 e. The summed E-state index contributed by atoms with van der Waals surface area (Å²) in [5.41, 5.74) is -0.306. The molecule has 0 atom stereocenters. The Morgan fingerprint density at radius 3 is 2.30 bits per heavy atom. The van der Waals surface area contributed by atoms with Crippen LogP contribution in [-0.4, -0.2) is 20.9 Å². The maximum Gasteiger partial charge on any atom is 0.417 e. The minimum atomic E-state index is -4.62. The van der Waals surface area contributed by atoms with Crippen molar-refractivity contribution in [1.29, 1.82) is 0 Å². The summed E-state index contributed by atoms with van der Waals surface area (Å²) in [5, 5.41) is 1.97. The van der Waals surface area contributed by atoms with Crippen LogP contribution in [0.1, 0.15) is 31.4 Å². The monoisotopic (exact) mass is 462 g/mol. The third-order valence-electron chi connectivity index (χ3n) is 4.11. The summed E-state index contributed by atoms with van der Waals surface area (Å²) < 4.78 is 65.5. The van der Waals surface area contributed by atoms with Crippen LogP contribution in [0, 0.1) is 5.92 Å². The van der Waals surface area contributed by atoms with Crippen LogP contribution >= 0.6 is 11.6 Å². The largest absolute Gasteiger partial charge is 0.417 e. The van der Waals surface area contributed by atoms with Gasteiger partial charge in [0.1, 0.15) is 0 Å². The summed E-state index contributed by atoms with van der Waals surface area (Å²) in [5.74, 6) is -0.300. The van der Waals surface area contributed by atoms with E-state index in [1.165, 1.54) is 18.2 Å². The lowest BCUT2D eigenvalue weighted by molar-refractivity contribution is -0.137. The fraction of sp³-hybridized carbons (Fsp3) is 0.350. The van der Waals surface area contributed by atoms with Gasteiger partial charge in [-0.05, 0) is 48.2 Å². The molecule has 2 aromatic rings. The lowest BCUT2D eigenvalue weighted by Crippen LogP contribution is -2.27. The SMILES string of the molecule is CC(C)CNS(=O)(=O)c1ccc(CCC(=O)Nc2ccc(Cl)c(C(F)(F)F)c2)cc1. The lowest BCUT2D eigenvalue weighted by atomic mass is 10.1. The zero-order valence-electron chi connectivity index (χ0n) is 16.4. The van der Waals surface area contributed by atoms with E-state index >= 15 is 0 Å². The average Bonchev–Trinajstić information content (AvgIpc) is 2.66. The number of nitrogens with one attached hydrogen (secondary N) is 2. The first kappa shape index (κ1) is 24.2. The molecule has 2 N–H and O–H groups in total. The van der Waals surface area contributed by atoms with Gasteiger partial charge >= 0.3 is 6.18 Å².